The van der Waals surface area contributed by atoms with Gasteiger partial charge in [-0.2, -0.15) is 0 Å². The first kappa shape index (κ1) is 14.8. The van der Waals surface area contributed by atoms with E-state index in [4.69, 9.17) is 15.2 Å². The van der Waals surface area contributed by atoms with Crippen LogP contribution in [-0.2, 0) is 19.4 Å². The Kier molecular flexibility index (Phi) is 5.38. The van der Waals surface area contributed by atoms with Crippen LogP contribution in [-0.4, -0.2) is 18.6 Å². The molecule has 4 nitrogen and oxygen atoms in total. The van der Waals surface area contributed by atoms with Gasteiger partial charge < -0.3 is 15.2 Å². The lowest BCUT2D eigenvalue weighted by Crippen LogP contribution is -2.06. The minimum absolute atomic E-state index is 0.487. The summed E-state index contributed by atoms with van der Waals surface area (Å²) in [4.78, 5) is 4.50. The quantitative estimate of drug-likeness (QED) is 0.852. The average molecular weight is 292 g/mol. The standard InChI is InChI=1S/C15H20N2O2S/c1-3-15-17-12(10-20-15)9-19-14-5-4-13(18-2)8-11(14)6-7-16/h4-5,8,10H,3,6-7,9,16H2,1-2H3. The van der Waals surface area contributed by atoms with Crippen molar-refractivity contribution in [3.63, 3.8) is 0 Å². The summed E-state index contributed by atoms with van der Waals surface area (Å²) in [6.07, 6.45) is 1.73. The highest BCUT2D eigenvalue weighted by atomic mass is 32.1. The molecule has 108 valence electrons. The second-order valence-electron chi connectivity index (χ2n) is 4.39. The highest BCUT2D eigenvalue weighted by Gasteiger charge is 2.07. The van der Waals surface area contributed by atoms with E-state index in [1.807, 2.05) is 23.6 Å². The fourth-order valence-corrected chi connectivity index (χ4v) is 2.63. The lowest BCUT2D eigenvalue weighted by Gasteiger charge is -2.11. The largest absolute Gasteiger partial charge is 0.497 e. The Hall–Kier alpha value is -1.59. The van der Waals surface area contributed by atoms with Crippen molar-refractivity contribution in [1.29, 1.82) is 0 Å². The number of nitrogens with two attached hydrogens (primary N) is 1. The van der Waals surface area contributed by atoms with Gasteiger partial charge in [-0.05, 0) is 43.1 Å². The van der Waals surface area contributed by atoms with Gasteiger partial charge in [-0.1, -0.05) is 6.92 Å². The highest BCUT2D eigenvalue weighted by molar-refractivity contribution is 7.09. The number of nitrogens with zero attached hydrogens (tertiary/aromatic N) is 1. The van der Waals surface area contributed by atoms with Gasteiger partial charge >= 0.3 is 0 Å². The third-order valence-corrected chi connectivity index (χ3v) is 4.00. The van der Waals surface area contributed by atoms with E-state index < -0.39 is 0 Å². The second kappa shape index (κ2) is 7.26. The molecular weight excluding hydrogens is 272 g/mol. The molecule has 5 heteroatoms. The highest BCUT2D eigenvalue weighted by Crippen LogP contribution is 2.25. The van der Waals surface area contributed by atoms with E-state index in [1.54, 1.807) is 18.4 Å². The van der Waals surface area contributed by atoms with Gasteiger partial charge in [0.25, 0.3) is 0 Å². The zero-order valence-electron chi connectivity index (χ0n) is 11.9. The van der Waals surface area contributed by atoms with Gasteiger partial charge in [0, 0.05) is 5.38 Å². The van der Waals surface area contributed by atoms with Gasteiger partial charge in [-0.15, -0.1) is 11.3 Å². The summed E-state index contributed by atoms with van der Waals surface area (Å²) in [6.45, 7) is 3.17. The number of aromatic nitrogens is 1. The number of ether oxygens (including phenoxy) is 2. The number of aryl methyl sites for hydroxylation is 1. The molecule has 0 saturated heterocycles. The fraction of sp³-hybridized carbons (Fsp3) is 0.400. The van der Waals surface area contributed by atoms with Crippen molar-refractivity contribution in [2.24, 2.45) is 5.73 Å². The predicted octanol–water partition coefficient (Wildman–Crippen LogP) is 2.79. The van der Waals surface area contributed by atoms with Crippen LogP contribution in [0.4, 0.5) is 0 Å². The van der Waals surface area contributed by atoms with Crippen molar-refractivity contribution in [1.82, 2.24) is 4.98 Å². The summed E-state index contributed by atoms with van der Waals surface area (Å²) < 4.78 is 11.1. The molecule has 0 aliphatic heterocycles. The number of methoxy groups -OCH3 is 1. The summed E-state index contributed by atoms with van der Waals surface area (Å²) in [6, 6.07) is 5.80. The van der Waals surface area contributed by atoms with Crippen LogP contribution in [0.3, 0.4) is 0 Å². The number of thiazole rings is 1. The van der Waals surface area contributed by atoms with E-state index in [-0.39, 0.29) is 0 Å². The first-order valence-electron chi connectivity index (χ1n) is 6.69. The van der Waals surface area contributed by atoms with Crippen molar-refractivity contribution in [3.05, 3.63) is 39.8 Å². The molecule has 0 radical (unpaired) electrons. The number of rotatable bonds is 7. The Morgan fingerprint density at radius 1 is 1.35 bits per heavy atom. The fourth-order valence-electron chi connectivity index (χ4n) is 1.90. The van der Waals surface area contributed by atoms with Gasteiger partial charge in [-0.3, -0.25) is 0 Å². The van der Waals surface area contributed by atoms with Gasteiger partial charge in [0.1, 0.15) is 18.1 Å². The molecule has 2 rings (SSSR count). The lowest BCUT2D eigenvalue weighted by molar-refractivity contribution is 0.298. The van der Waals surface area contributed by atoms with Crippen LogP contribution in [0.5, 0.6) is 11.5 Å². The normalized spacial score (nSPS) is 10.6. The molecule has 1 heterocycles. The van der Waals surface area contributed by atoms with Crippen molar-refractivity contribution in [2.45, 2.75) is 26.4 Å². The smallest absolute Gasteiger partial charge is 0.131 e. The van der Waals surface area contributed by atoms with Crippen LogP contribution in [0, 0.1) is 0 Å². The van der Waals surface area contributed by atoms with E-state index in [0.29, 0.717) is 13.2 Å². The molecule has 20 heavy (non-hydrogen) atoms. The van der Waals surface area contributed by atoms with Crippen LogP contribution < -0.4 is 15.2 Å². The SMILES string of the molecule is CCc1nc(COc2ccc(OC)cc2CCN)cs1. The number of hydrogen-bond acceptors (Lipinski definition) is 5. The van der Waals surface area contributed by atoms with Crippen molar-refractivity contribution in [3.8, 4) is 11.5 Å². The first-order chi connectivity index (χ1) is 9.76. The molecule has 0 aliphatic rings. The summed E-state index contributed by atoms with van der Waals surface area (Å²) in [5.74, 6) is 1.67. The molecule has 0 fully saturated rings. The molecular formula is C15H20N2O2S. The van der Waals surface area contributed by atoms with Crippen LogP contribution in [0.2, 0.25) is 0 Å². The molecule has 0 spiro atoms. The molecule has 2 aromatic rings. The summed E-state index contributed by atoms with van der Waals surface area (Å²) in [5, 5.41) is 3.19. The van der Waals surface area contributed by atoms with Crippen molar-refractivity contribution >= 4 is 11.3 Å². The van der Waals surface area contributed by atoms with Crippen LogP contribution in [0.25, 0.3) is 0 Å². The molecule has 0 atom stereocenters. The van der Waals surface area contributed by atoms with E-state index >= 15 is 0 Å². The summed E-state index contributed by atoms with van der Waals surface area (Å²) in [5.41, 5.74) is 7.68. The third kappa shape index (κ3) is 3.71. The zero-order valence-corrected chi connectivity index (χ0v) is 12.7. The van der Waals surface area contributed by atoms with E-state index in [2.05, 4.69) is 11.9 Å². The Morgan fingerprint density at radius 2 is 2.20 bits per heavy atom. The topological polar surface area (TPSA) is 57.4 Å². The maximum absolute atomic E-state index is 5.87. The van der Waals surface area contributed by atoms with Gasteiger partial charge in [-0.25, -0.2) is 4.98 Å². The van der Waals surface area contributed by atoms with Gasteiger partial charge in [0.05, 0.1) is 17.8 Å². The average Bonchev–Trinajstić information content (AvgIpc) is 2.94. The molecule has 0 bridgehead atoms. The van der Waals surface area contributed by atoms with Gasteiger partial charge in [0.15, 0.2) is 0 Å². The third-order valence-electron chi connectivity index (χ3n) is 2.96. The Morgan fingerprint density at radius 3 is 2.85 bits per heavy atom. The summed E-state index contributed by atoms with van der Waals surface area (Å²) in [7, 11) is 1.66. The Bertz CT molecular complexity index is 555. The maximum atomic E-state index is 5.87. The van der Waals surface area contributed by atoms with Crippen LogP contribution in [0.15, 0.2) is 23.6 Å². The molecule has 1 aromatic heterocycles. The monoisotopic (exact) mass is 292 g/mol. The summed E-state index contributed by atoms with van der Waals surface area (Å²) >= 11 is 1.67. The molecule has 0 aliphatic carbocycles. The van der Waals surface area contributed by atoms with E-state index in [1.165, 1.54) is 0 Å². The van der Waals surface area contributed by atoms with E-state index in [9.17, 15) is 0 Å². The number of benzene rings is 1. The molecule has 0 unspecified atom stereocenters. The minimum Gasteiger partial charge on any atom is -0.497 e. The maximum Gasteiger partial charge on any atom is 0.131 e. The van der Waals surface area contributed by atoms with Crippen LogP contribution >= 0.6 is 11.3 Å². The Balaban J connectivity index is 2.07. The molecule has 2 N–H and O–H groups in total. The van der Waals surface area contributed by atoms with Crippen LogP contribution in [0.1, 0.15) is 23.2 Å². The van der Waals surface area contributed by atoms with Crippen molar-refractivity contribution < 1.29 is 9.47 Å². The zero-order chi connectivity index (χ0) is 14.4. The number of hydrogen-bond donors (Lipinski definition) is 1. The molecule has 0 saturated carbocycles. The second-order valence-corrected chi connectivity index (χ2v) is 5.33. The van der Waals surface area contributed by atoms with Gasteiger partial charge in [0.2, 0.25) is 0 Å². The minimum atomic E-state index is 0.487. The Labute approximate surface area is 123 Å². The predicted molar refractivity (Wildman–Crippen MR) is 81.6 cm³/mol. The molecule has 1 aromatic carbocycles. The first-order valence-corrected chi connectivity index (χ1v) is 7.57. The van der Waals surface area contributed by atoms with E-state index in [0.717, 1.165) is 40.6 Å². The molecule has 0 amide bonds. The lowest BCUT2D eigenvalue weighted by atomic mass is 10.1. The van der Waals surface area contributed by atoms with Crippen molar-refractivity contribution in [2.75, 3.05) is 13.7 Å².